The largest absolute Gasteiger partial charge is 0.460 e. The standard InChI is InChI=1S/C10H13FN2O/c11-8-6-12-10(13-7-8)14-9-4-2-1-3-5-9/h6-7,9H,1-5H2. The van der Waals surface area contributed by atoms with E-state index in [1.54, 1.807) is 0 Å². The van der Waals surface area contributed by atoms with Gasteiger partial charge in [0.1, 0.15) is 6.10 Å². The lowest BCUT2D eigenvalue weighted by molar-refractivity contribution is 0.141. The molecule has 14 heavy (non-hydrogen) atoms. The monoisotopic (exact) mass is 196 g/mol. The van der Waals surface area contributed by atoms with Gasteiger partial charge in [-0.25, -0.2) is 14.4 Å². The molecule has 1 aliphatic carbocycles. The summed E-state index contributed by atoms with van der Waals surface area (Å²) < 4.78 is 18.0. The molecular formula is C10H13FN2O. The molecule has 0 aromatic carbocycles. The first-order chi connectivity index (χ1) is 6.84. The first kappa shape index (κ1) is 9.37. The Morgan fingerprint density at radius 2 is 1.79 bits per heavy atom. The summed E-state index contributed by atoms with van der Waals surface area (Å²) in [5, 5.41) is 0. The molecule has 1 saturated carbocycles. The molecule has 0 saturated heterocycles. The summed E-state index contributed by atoms with van der Waals surface area (Å²) in [6, 6.07) is 0.290. The van der Waals surface area contributed by atoms with Gasteiger partial charge in [0.05, 0.1) is 12.4 Å². The van der Waals surface area contributed by atoms with Crippen LogP contribution >= 0.6 is 0 Å². The summed E-state index contributed by atoms with van der Waals surface area (Å²) in [5.74, 6) is -0.430. The van der Waals surface area contributed by atoms with Crippen LogP contribution in [0.4, 0.5) is 4.39 Å². The smallest absolute Gasteiger partial charge is 0.316 e. The summed E-state index contributed by atoms with van der Waals surface area (Å²) in [6.45, 7) is 0. The number of hydrogen-bond acceptors (Lipinski definition) is 3. The topological polar surface area (TPSA) is 35.0 Å². The minimum atomic E-state index is -0.430. The van der Waals surface area contributed by atoms with Crippen molar-refractivity contribution in [2.75, 3.05) is 0 Å². The maximum absolute atomic E-state index is 12.5. The molecule has 4 heteroatoms. The molecule has 1 aliphatic rings. The van der Waals surface area contributed by atoms with Gasteiger partial charge in [0.15, 0.2) is 5.82 Å². The lowest BCUT2D eigenvalue weighted by Gasteiger charge is -2.21. The molecule has 0 spiro atoms. The van der Waals surface area contributed by atoms with Crippen molar-refractivity contribution in [3.63, 3.8) is 0 Å². The molecule has 1 fully saturated rings. The Kier molecular flexibility index (Phi) is 2.91. The summed E-state index contributed by atoms with van der Waals surface area (Å²) in [5.41, 5.74) is 0. The lowest BCUT2D eigenvalue weighted by atomic mass is 9.98. The molecule has 0 bridgehead atoms. The Morgan fingerprint density at radius 1 is 1.14 bits per heavy atom. The van der Waals surface area contributed by atoms with E-state index in [1.807, 2.05) is 0 Å². The number of halogens is 1. The molecule has 1 aromatic heterocycles. The van der Waals surface area contributed by atoms with Crippen LogP contribution in [0.15, 0.2) is 12.4 Å². The van der Waals surface area contributed by atoms with E-state index in [0.29, 0.717) is 6.01 Å². The molecule has 76 valence electrons. The first-order valence-electron chi connectivity index (χ1n) is 4.99. The third-order valence-electron chi connectivity index (χ3n) is 2.42. The summed E-state index contributed by atoms with van der Waals surface area (Å²) in [4.78, 5) is 7.53. The second-order valence-corrected chi connectivity index (χ2v) is 3.56. The molecule has 0 atom stereocenters. The Bertz CT molecular complexity index is 283. The van der Waals surface area contributed by atoms with Crippen molar-refractivity contribution in [1.29, 1.82) is 0 Å². The van der Waals surface area contributed by atoms with Crippen LogP contribution in [-0.2, 0) is 0 Å². The van der Waals surface area contributed by atoms with Crippen molar-refractivity contribution < 1.29 is 9.13 Å². The zero-order valence-electron chi connectivity index (χ0n) is 7.95. The Morgan fingerprint density at radius 3 is 2.43 bits per heavy atom. The molecule has 3 nitrogen and oxygen atoms in total. The summed E-state index contributed by atoms with van der Waals surface area (Å²) >= 11 is 0. The van der Waals surface area contributed by atoms with E-state index in [0.717, 1.165) is 25.2 Å². The second-order valence-electron chi connectivity index (χ2n) is 3.56. The third kappa shape index (κ3) is 2.40. The quantitative estimate of drug-likeness (QED) is 0.728. The van der Waals surface area contributed by atoms with Crippen LogP contribution < -0.4 is 4.74 Å². The van der Waals surface area contributed by atoms with Gasteiger partial charge in [-0.1, -0.05) is 6.42 Å². The summed E-state index contributed by atoms with van der Waals surface area (Å²) in [7, 11) is 0. The van der Waals surface area contributed by atoms with Gasteiger partial charge in [-0.05, 0) is 25.7 Å². The predicted molar refractivity (Wildman–Crippen MR) is 49.5 cm³/mol. The molecule has 1 heterocycles. The van der Waals surface area contributed by atoms with Gasteiger partial charge >= 0.3 is 6.01 Å². The van der Waals surface area contributed by atoms with Gasteiger partial charge in [0.25, 0.3) is 0 Å². The van der Waals surface area contributed by atoms with Crippen molar-refractivity contribution >= 4 is 0 Å². The highest BCUT2D eigenvalue weighted by atomic mass is 19.1. The normalized spacial score (nSPS) is 18.1. The highest BCUT2D eigenvalue weighted by Crippen LogP contribution is 2.20. The van der Waals surface area contributed by atoms with Crippen LogP contribution in [0.5, 0.6) is 6.01 Å². The SMILES string of the molecule is Fc1cnc(OC2CCCCC2)nc1. The van der Waals surface area contributed by atoms with Gasteiger partial charge in [-0.15, -0.1) is 0 Å². The lowest BCUT2D eigenvalue weighted by Crippen LogP contribution is -2.20. The van der Waals surface area contributed by atoms with E-state index in [4.69, 9.17) is 4.74 Å². The number of ether oxygens (including phenoxy) is 1. The van der Waals surface area contributed by atoms with Gasteiger partial charge in [-0.2, -0.15) is 0 Å². The summed E-state index contributed by atoms with van der Waals surface area (Å²) in [6.07, 6.45) is 8.27. The second kappa shape index (κ2) is 4.35. The van der Waals surface area contributed by atoms with Gasteiger partial charge in [0.2, 0.25) is 0 Å². The first-order valence-corrected chi connectivity index (χ1v) is 4.99. The highest BCUT2D eigenvalue weighted by Gasteiger charge is 2.15. The third-order valence-corrected chi connectivity index (χ3v) is 2.42. The van der Waals surface area contributed by atoms with Crippen LogP contribution in [0, 0.1) is 5.82 Å². The number of hydrogen-bond donors (Lipinski definition) is 0. The van der Waals surface area contributed by atoms with E-state index < -0.39 is 5.82 Å². The van der Waals surface area contributed by atoms with Crippen molar-refractivity contribution in [3.05, 3.63) is 18.2 Å². The molecular weight excluding hydrogens is 183 g/mol. The van der Waals surface area contributed by atoms with E-state index in [2.05, 4.69) is 9.97 Å². The molecule has 0 aliphatic heterocycles. The zero-order valence-corrected chi connectivity index (χ0v) is 7.95. The van der Waals surface area contributed by atoms with Crippen LogP contribution in [0.25, 0.3) is 0 Å². The van der Waals surface area contributed by atoms with E-state index in [9.17, 15) is 4.39 Å². The zero-order chi connectivity index (χ0) is 9.80. The van der Waals surface area contributed by atoms with Gasteiger partial charge in [0, 0.05) is 0 Å². The van der Waals surface area contributed by atoms with Crippen LogP contribution in [0.2, 0.25) is 0 Å². The van der Waals surface area contributed by atoms with Crippen molar-refractivity contribution in [1.82, 2.24) is 9.97 Å². The van der Waals surface area contributed by atoms with E-state index in [-0.39, 0.29) is 6.10 Å². The van der Waals surface area contributed by atoms with Crippen molar-refractivity contribution in [2.45, 2.75) is 38.2 Å². The van der Waals surface area contributed by atoms with Crippen molar-refractivity contribution in [2.24, 2.45) is 0 Å². The number of nitrogens with zero attached hydrogens (tertiary/aromatic N) is 2. The molecule has 1 aromatic rings. The Hall–Kier alpha value is -1.19. The minimum absolute atomic E-state index is 0.217. The van der Waals surface area contributed by atoms with Crippen LogP contribution in [0.3, 0.4) is 0 Å². The highest BCUT2D eigenvalue weighted by molar-refractivity contribution is 4.96. The predicted octanol–water partition coefficient (Wildman–Crippen LogP) is 2.33. The maximum atomic E-state index is 12.5. The van der Waals surface area contributed by atoms with E-state index in [1.165, 1.54) is 19.3 Å². The molecule has 0 amide bonds. The molecule has 0 unspecified atom stereocenters. The maximum Gasteiger partial charge on any atom is 0.316 e. The van der Waals surface area contributed by atoms with E-state index >= 15 is 0 Å². The van der Waals surface area contributed by atoms with Crippen LogP contribution in [0.1, 0.15) is 32.1 Å². The Labute approximate surface area is 82.3 Å². The van der Waals surface area contributed by atoms with Gasteiger partial charge in [-0.3, -0.25) is 0 Å². The van der Waals surface area contributed by atoms with Gasteiger partial charge < -0.3 is 4.74 Å². The fraction of sp³-hybridized carbons (Fsp3) is 0.600. The molecule has 0 radical (unpaired) electrons. The number of aromatic nitrogens is 2. The fourth-order valence-corrected chi connectivity index (χ4v) is 1.69. The molecule has 2 rings (SSSR count). The average molecular weight is 196 g/mol. The molecule has 0 N–H and O–H groups in total. The number of rotatable bonds is 2. The Balaban J connectivity index is 1.92. The van der Waals surface area contributed by atoms with Crippen molar-refractivity contribution in [3.8, 4) is 6.01 Å². The fourth-order valence-electron chi connectivity index (χ4n) is 1.69. The minimum Gasteiger partial charge on any atom is -0.460 e. The van der Waals surface area contributed by atoms with Crippen LogP contribution in [-0.4, -0.2) is 16.1 Å². The average Bonchev–Trinajstić information content (AvgIpc) is 2.23.